The van der Waals surface area contributed by atoms with Gasteiger partial charge in [-0.05, 0) is 37.5 Å². The first-order valence-corrected chi connectivity index (χ1v) is 10.4. The van der Waals surface area contributed by atoms with E-state index in [0.29, 0.717) is 17.4 Å². The Labute approximate surface area is 175 Å². The number of nitriles is 1. The maximum atomic E-state index is 9.89. The number of nitrogens with one attached hydrogen (secondary N) is 1. The highest BCUT2D eigenvalue weighted by Gasteiger charge is 2.37. The first kappa shape index (κ1) is 18.5. The van der Waals surface area contributed by atoms with Crippen LogP contribution in [0.25, 0.3) is 5.69 Å². The molecule has 1 fully saturated rings. The van der Waals surface area contributed by atoms with Gasteiger partial charge in [-0.25, -0.2) is 10.1 Å². The number of nitrogens with two attached hydrogens (primary N) is 1. The van der Waals surface area contributed by atoms with Crippen molar-refractivity contribution in [1.29, 1.82) is 5.26 Å². The summed E-state index contributed by atoms with van der Waals surface area (Å²) in [5.41, 5.74) is 10.6. The second-order valence-corrected chi connectivity index (χ2v) is 8.05. The summed E-state index contributed by atoms with van der Waals surface area (Å²) in [5, 5.41) is 17.5. The molecule has 3 aromatic rings. The van der Waals surface area contributed by atoms with Gasteiger partial charge in [-0.2, -0.15) is 10.4 Å². The van der Waals surface area contributed by atoms with Crippen molar-refractivity contribution in [1.82, 2.24) is 19.7 Å². The van der Waals surface area contributed by atoms with Gasteiger partial charge in [-0.1, -0.05) is 31.4 Å². The Morgan fingerprint density at radius 1 is 1.20 bits per heavy atom. The third-order valence-corrected chi connectivity index (χ3v) is 6.30. The third kappa shape index (κ3) is 2.96. The molecule has 1 saturated carbocycles. The SMILES string of the molecule is Cc1nccn1-c1ccc(C2C(C#N)=C(N)Oc3[nH]nc(C4CCCCC4)c32)cc1. The van der Waals surface area contributed by atoms with Crippen LogP contribution in [0.3, 0.4) is 0 Å². The fraction of sp³-hybridized carbons (Fsp3) is 0.348. The minimum atomic E-state index is -0.285. The number of aromatic nitrogens is 4. The van der Waals surface area contributed by atoms with Crippen LogP contribution >= 0.6 is 0 Å². The largest absolute Gasteiger partial charge is 0.422 e. The predicted molar refractivity (Wildman–Crippen MR) is 112 cm³/mol. The second kappa shape index (κ2) is 7.38. The predicted octanol–water partition coefficient (Wildman–Crippen LogP) is 4.17. The van der Waals surface area contributed by atoms with Crippen molar-refractivity contribution >= 4 is 0 Å². The number of aryl methyl sites for hydroxylation is 1. The van der Waals surface area contributed by atoms with Crippen LogP contribution in [-0.2, 0) is 0 Å². The summed E-state index contributed by atoms with van der Waals surface area (Å²) >= 11 is 0. The fourth-order valence-corrected chi connectivity index (χ4v) is 4.77. The Morgan fingerprint density at radius 3 is 2.63 bits per heavy atom. The van der Waals surface area contributed by atoms with Crippen molar-refractivity contribution in [3.8, 4) is 17.6 Å². The highest BCUT2D eigenvalue weighted by atomic mass is 16.5. The zero-order valence-electron chi connectivity index (χ0n) is 16.9. The van der Waals surface area contributed by atoms with E-state index < -0.39 is 0 Å². The molecule has 7 nitrogen and oxygen atoms in total. The van der Waals surface area contributed by atoms with Gasteiger partial charge in [0.05, 0.1) is 17.2 Å². The van der Waals surface area contributed by atoms with Crippen LogP contribution in [0.2, 0.25) is 0 Å². The quantitative estimate of drug-likeness (QED) is 0.686. The molecule has 1 aromatic carbocycles. The maximum Gasteiger partial charge on any atom is 0.221 e. The summed E-state index contributed by atoms with van der Waals surface area (Å²) in [7, 11) is 0. The average molecular weight is 400 g/mol. The summed E-state index contributed by atoms with van der Waals surface area (Å²) in [6.07, 6.45) is 9.64. The molecule has 0 amide bonds. The molecule has 1 aliphatic carbocycles. The number of rotatable bonds is 3. The topological polar surface area (TPSA) is 106 Å². The van der Waals surface area contributed by atoms with Crippen LogP contribution in [0.1, 0.15) is 66.6 Å². The van der Waals surface area contributed by atoms with E-state index in [9.17, 15) is 5.26 Å². The van der Waals surface area contributed by atoms with Gasteiger partial charge in [0.15, 0.2) is 0 Å². The van der Waals surface area contributed by atoms with Gasteiger partial charge in [0.2, 0.25) is 11.8 Å². The number of allylic oxidation sites excluding steroid dienone is 1. The molecule has 1 aliphatic heterocycles. The maximum absolute atomic E-state index is 9.89. The van der Waals surface area contributed by atoms with E-state index in [1.807, 2.05) is 29.8 Å². The molecule has 3 N–H and O–H groups in total. The standard InChI is InChI=1S/C23H24N6O/c1-14-26-11-12-29(14)17-9-7-15(8-10-17)19-18(13-24)22(25)30-23-20(19)21(27-28-23)16-5-3-2-4-6-16/h7-12,16,19H,2-6,25H2,1H3,(H,27,28). The van der Waals surface area contributed by atoms with E-state index in [-0.39, 0.29) is 11.8 Å². The number of nitrogens with zero attached hydrogens (tertiary/aromatic N) is 4. The van der Waals surface area contributed by atoms with E-state index in [4.69, 9.17) is 10.5 Å². The first-order chi connectivity index (χ1) is 14.7. The average Bonchev–Trinajstić information content (AvgIpc) is 3.39. The Balaban J connectivity index is 1.59. The summed E-state index contributed by atoms with van der Waals surface area (Å²) in [4.78, 5) is 4.29. The van der Waals surface area contributed by atoms with Gasteiger partial charge in [0, 0.05) is 24.0 Å². The lowest BCUT2D eigenvalue weighted by atomic mass is 9.78. The van der Waals surface area contributed by atoms with Gasteiger partial charge < -0.3 is 15.0 Å². The molecule has 1 atom stereocenters. The minimum Gasteiger partial charge on any atom is -0.422 e. The van der Waals surface area contributed by atoms with Crippen molar-refractivity contribution in [3.05, 3.63) is 70.8 Å². The number of fused-ring (bicyclic) bond motifs is 1. The highest BCUT2D eigenvalue weighted by molar-refractivity contribution is 5.56. The lowest BCUT2D eigenvalue weighted by Gasteiger charge is -2.27. The Morgan fingerprint density at radius 2 is 1.97 bits per heavy atom. The first-order valence-electron chi connectivity index (χ1n) is 10.4. The summed E-state index contributed by atoms with van der Waals surface area (Å²) in [6.45, 7) is 1.97. The molecule has 0 bridgehead atoms. The normalized spacial score (nSPS) is 19.3. The molecule has 7 heteroatoms. The molecule has 0 spiro atoms. The molecule has 30 heavy (non-hydrogen) atoms. The van der Waals surface area contributed by atoms with Gasteiger partial charge in [0.1, 0.15) is 17.5 Å². The zero-order valence-corrected chi connectivity index (χ0v) is 16.9. The molecule has 2 aromatic heterocycles. The Kier molecular flexibility index (Phi) is 4.55. The number of aromatic amines is 1. The molecular weight excluding hydrogens is 376 g/mol. The van der Waals surface area contributed by atoms with E-state index >= 15 is 0 Å². The molecule has 152 valence electrons. The Hall–Kier alpha value is -3.53. The van der Waals surface area contributed by atoms with Gasteiger partial charge >= 0.3 is 0 Å². The van der Waals surface area contributed by atoms with Crippen molar-refractivity contribution in [2.75, 3.05) is 0 Å². The van der Waals surface area contributed by atoms with Gasteiger partial charge in [0.25, 0.3) is 0 Å². The molecule has 2 aliphatic rings. The van der Waals surface area contributed by atoms with E-state index in [0.717, 1.165) is 41.2 Å². The van der Waals surface area contributed by atoms with Crippen LogP contribution < -0.4 is 10.5 Å². The number of hydrogen-bond acceptors (Lipinski definition) is 5. The van der Waals surface area contributed by atoms with Crippen molar-refractivity contribution in [3.63, 3.8) is 0 Å². The zero-order chi connectivity index (χ0) is 20.7. The van der Waals surface area contributed by atoms with Gasteiger partial charge in [-0.3, -0.25) is 0 Å². The van der Waals surface area contributed by atoms with Crippen molar-refractivity contribution < 1.29 is 4.74 Å². The van der Waals surface area contributed by atoms with Gasteiger partial charge in [-0.15, -0.1) is 0 Å². The smallest absolute Gasteiger partial charge is 0.221 e. The molecule has 3 heterocycles. The highest BCUT2D eigenvalue weighted by Crippen LogP contribution is 2.46. The van der Waals surface area contributed by atoms with Crippen LogP contribution in [0.15, 0.2) is 48.1 Å². The summed E-state index contributed by atoms with van der Waals surface area (Å²) in [6, 6.07) is 10.5. The molecular formula is C23H24N6O. The molecule has 0 radical (unpaired) electrons. The number of imidazole rings is 1. The van der Waals surface area contributed by atoms with Crippen molar-refractivity contribution in [2.45, 2.75) is 50.9 Å². The fourth-order valence-electron chi connectivity index (χ4n) is 4.77. The Bertz CT molecular complexity index is 1140. The van der Waals surface area contributed by atoms with E-state index in [1.165, 1.54) is 19.3 Å². The van der Waals surface area contributed by atoms with Crippen molar-refractivity contribution in [2.24, 2.45) is 5.73 Å². The molecule has 1 unspecified atom stereocenters. The number of hydrogen-bond donors (Lipinski definition) is 2. The lowest BCUT2D eigenvalue weighted by molar-refractivity contribution is 0.377. The van der Waals surface area contributed by atoms with Crippen LogP contribution in [0, 0.1) is 18.3 Å². The monoisotopic (exact) mass is 400 g/mol. The minimum absolute atomic E-state index is 0.142. The second-order valence-electron chi connectivity index (χ2n) is 8.05. The number of H-pyrrole nitrogens is 1. The number of ether oxygens (including phenoxy) is 1. The van der Waals surface area contributed by atoms with Crippen LogP contribution in [0.5, 0.6) is 5.88 Å². The summed E-state index contributed by atoms with van der Waals surface area (Å²) < 4.78 is 7.79. The third-order valence-electron chi connectivity index (χ3n) is 6.30. The van der Waals surface area contributed by atoms with E-state index in [1.54, 1.807) is 6.20 Å². The lowest BCUT2D eigenvalue weighted by Crippen LogP contribution is -2.22. The molecule has 0 saturated heterocycles. The van der Waals surface area contributed by atoms with Crippen LogP contribution in [-0.4, -0.2) is 19.7 Å². The van der Waals surface area contributed by atoms with Crippen LogP contribution in [0.4, 0.5) is 0 Å². The molecule has 5 rings (SSSR count). The summed E-state index contributed by atoms with van der Waals surface area (Å²) in [5.74, 6) is 1.73. The van der Waals surface area contributed by atoms with E-state index in [2.05, 4.69) is 33.4 Å². The number of benzene rings is 1.